The maximum absolute atomic E-state index is 11.1. The number of piperidine rings is 3. The molecule has 3 saturated heterocycles. The molecule has 2 N–H and O–H groups in total. The average Bonchev–Trinajstić information content (AvgIpc) is 2.60. The minimum absolute atomic E-state index is 0.185. The molecule has 5 atom stereocenters. The van der Waals surface area contributed by atoms with Gasteiger partial charge in [-0.3, -0.25) is 9.88 Å². The molecule has 4 nitrogen and oxygen atoms in total. The largest absolute Gasteiger partial charge is 0.508 e. The molecule has 3 aliphatic rings. The van der Waals surface area contributed by atoms with E-state index in [4.69, 9.17) is 0 Å². The molecule has 23 heavy (non-hydrogen) atoms. The van der Waals surface area contributed by atoms with Crippen LogP contribution >= 0.6 is 0 Å². The summed E-state index contributed by atoms with van der Waals surface area (Å²) in [5.41, 5.74) is 1.71. The lowest BCUT2D eigenvalue weighted by Gasteiger charge is -2.51. The summed E-state index contributed by atoms with van der Waals surface area (Å²) >= 11 is 0. The minimum Gasteiger partial charge on any atom is -0.508 e. The summed E-state index contributed by atoms with van der Waals surface area (Å²) in [6, 6.07) is 7.24. The third-order valence-electron chi connectivity index (χ3n) is 5.90. The van der Waals surface area contributed by atoms with Crippen LogP contribution in [0.25, 0.3) is 10.9 Å². The van der Waals surface area contributed by atoms with Crippen molar-refractivity contribution in [1.82, 2.24) is 9.88 Å². The van der Waals surface area contributed by atoms with Gasteiger partial charge in [0.25, 0.3) is 0 Å². The topological polar surface area (TPSA) is 56.6 Å². The van der Waals surface area contributed by atoms with Crippen molar-refractivity contribution in [1.29, 1.82) is 0 Å². The molecule has 122 valence electrons. The van der Waals surface area contributed by atoms with E-state index in [2.05, 4.69) is 16.8 Å². The maximum Gasteiger partial charge on any atom is 0.116 e. The first-order chi connectivity index (χ1) is 11.2. The number of aliphatic hydroxyl groups excluding tert-OH is 1. The Balaban J connectivity index is 1.68. The second-order valence-corrected chi connectivity index (χ2v) is 7.06. The molecule has 0 spiro atoms. The van der Waals surface area contributed by atoms with E-state index in [0.29, 0.717) is 0 Å². The number of pyridine rings is 1. The first kappa shape index (κ1) is 14.9. The van der Waals surface area contributed by atoms with E-state index in [1.165, 1.54) is 12.8 Å². The fraction of sp³-hybridized carbons (Fsp3) is 0.526. The number of benzene rings is 1. The van der Waals surface area contributed by atoms with Crippen LogP contribution in [0.15, 0.2) is 30.5 Å². The van der Waals surface area contributed by atoms with Crippen LogP contribution < -0.4 is 0 Å². The number of aromatic hydroxyl groups is 1. The molecule has 4 heteroatoms. The number of hydrogen-bond donors (Lipinski definition) is 2. The molecule has 1 unspecified atom stereocenters. The number of nitrogens with zero attached hydrogens (tertiary/aromatic N) is 2. The predicted octanol–water partition coefficient (Wildman–Crippen LogP) is 3.09. The van der Waals surface area contributed by atoms with Crippen molar-refractivity contribution in [3.05, 3.63) is 36.0 Å². The maximum atomic E-state index is 11.1. The fourth-order valence-electron chi connectivity index (χ4n) is 4.59. The smallest absolute Gasteiger partial charge is 0.116 e. The molecular formula is C19H24N2O2. The summed E-state index contributed by atoms with van der Waals surface area (Å²) in [6.07, 6.45) is 4.80. The zero-order valence-electron chi connectivity index (χ0n) is 13.5. The summed E-state index contributed by atoms with van der Waals surface area (Å²) in [5.74, 6) is 1.74. The van der Waals surface area contributed by atoms with E-state index in [0.717, 1.165) is 47.8 Å². The Morgan fingerprint density at radius 1 is 1.35 bits per heavy atom. The standard InChI is InChI=1S/C19H24N2O2/c1-2-12-11-21-8-6-13(12)9-18(21)19(23)15-5-7-20-17-4-3-14(22)10-16(15)17/h3-5,7,10,12-13,18-19,22-23H,2,6,8-9,11H2,1H3/t12-,13-,18-,19+/m1/s1. The van der Waals surface area contributed by atoms with Crippen LogP contribution in [0, 0.1) is 11.8 Å². The lowest BCUT2D eigenvalue weighted by Crippen LogP contribution is -2.55. The van der Waals surface area contributed by atoms with Crippen LogP contribution in [-0.4, -0.2) is 39.2 Å². The van der Waals surface area contributed by atoms with Crippen molar-refractivity contribution < 1.29 is 10.2 Å². The van der Waals surface area contributed by atoms with Gasteiger partial charge in [-0.1, -0.05) is 13.3 Å². The van der Waals surface area contributed by atoms with Gasteiger partial charge >= 0.3 is 0 Å². The van der Waals surface area contributed by atoms with Gasteiger partial charge in [-0.2, -0.15) is 0 Å². The zero-order valence-corrected chi connectivity index (χ0v) is 13.5. The molecular weight excluding hydrogens is 288 g/mol. The average molecular weight is 312 g/mol. The van der Waals surface area contributed by atoms with Crippen LogP contribution in [0.2, 0.25) is 0 Å². The third-order valence-corrected chi connectivity index (χ3v) is 5.90. The molecule has 1 aromatic heterocycles. The highest BCUT2D eigenvalue weighted by Crippen LogP contribution is 2.42. The number of aliphatic hydroxyl groups is 1. The minimum atomic E-state index is -0.525. The molecule has 3 fully saturated rings. The summed E-state index contributed by atoms with van der Waals surface area (Å²) in [7, 11) is 0. The Kier molecular flexibility index (Phi) is 3.74. The van der Waals surface area contributed by atoms with Gasteiger partial charge in [0.05, 0.1) is 11.6 Å². The molecule has 4 heterocycles. The van der Waals surface area contributed by atoms with Gasteiger partial charge in [-0.15, -0.1) is 0 Å². The highest BCUT2D eigenvalue weighted by molar-refractivity contribution is 5.83. The summed E-state index contributed by atoms with van der Waals surface area (Å²) < 4.78 is 0. The lowest BCUT2D eigenvalue weighted by atomic mass is 9.72. The number of phenolic OH excluding ortho intramolecular Hbond substituents is 1. The Labute approximate surface area is 136 Å². The van der Waals surface area contributed by atoms with Crippen molar-refractivity contribution in [3.63, 3.8) is 0 Å². The number of phenols is 1. The highest BCUT2D eigenvalue weighted by atomic mass is 16.3. The van der Waals surface area contributed by atoms with Crippen LogP contribution in [0.4, 0.5) is 0 Å². The molecule has 0 amide bonds. The molecule has 2 bridgehead atoms. The monoisotopic (exact) mass is 312 g/mol. The van der Waals surface area contributed by atoms with Gasteiger partial charge in [0.2, 0.25) is 0 Å². The van der Waals surface area contributed by atoms with Gasteiger partial charge in [0, 0.05) is 24.2 Å². The van der Waals surface area contributed by atoms with E-state index in [1.807, 2.05) is 6.07 Å². The van der Waals surface area contributed by atoms with E-state index in [9.17, 15) is 10.2 Å². The van der Waals surface area contributed by atoms with Crippen molar-refractivity contribution in [3.8, 4) is 5.75 Å². The zero-order chi connectivity index (χ0) is 16.0. The molecule has 0 saturated carbocycles. The van der Waals surface area contributed by atoms with Gasteiger partial charge in [-0.05, 0) is 61.1 Å². The molecule has 0 aliphatic carbocycles. The summed E-state index contributed by atoms with van der Waals surface area (Å²) in [6.45, 7) is 4.48. The van der Waals surface area contributed by atoms with Gasteiger partial charge in [0.1, 0.15) is 5.75 Å². The molecule has 1 aromatic carbocycles. The second-order valence-electron chi connectivity index (χ2n) is 7.06. The summed E-state index contributed by atoms with van der Waals surface area (Å²) in [4.78, 5) is 6.81. The molecule has 5 rings (SSSR count). The first-order valence-corrected chi connectivity index (χ1v) is 8.67. The number of fused-ring (bicyclic) bond motifs is 4. The van der Waals surface area contributed by atoms with Gasteiger partial charge < -0.3 is 10.2 Å². The Bertz CT molecular complexity index is 718. The van der Waals surface area contributed by atoms with Gasteiger partial charge in [-0.25, -0.2) is 0 Å². The van der Waals surface area contributed by atoms with E-state index in [-0.39, 0.29) is 11.8 Å². The van der Waals surface area contributed by atoms with Crippen molar-refractivity contribution in [2.75, 3.05) is 13.1 Å². The van der Waals surface area contributed by atoms with Crippen molar-refractivity contribution >= 4 is 10.9 Å². The Hall–Kier alpha value is -1.65. The third kappa shape index (κ3) is 2.50. The summed E-state index contributed by atoms with van der Waals surface area (Å²) in [5, 5.41) is 21.7. The number of hydrogen-bond acceptors (Lipinski definition) is 4. The number of aromatic nitrogens is 1. The quantitative estimate of drug-likeness (QED) is 0.914. The van der Waals surface area contributed by atoms with E-state index < -0.39 is 6.10 Å². The number of rotatable bonds is 3. The second kappa shape index (κ2) is 5.77. The van der Waals surface area contributed by atoms with E-state index >= 15 is 0 Å². The van der Waals surface area contributed by atoms with Crippen LogP contribution in [0.3, 0.4) is 0 Å². The van der Waals surface area contributed by atoms with Crippen molar-refractivity contribution in [2.24, 2.45) is 11.8 Å². The molecule has 2 aromatic rings. The van der Waals surface area contributed by atoms with Crippen LogP contribution in [0.1, 0.15) is 37.9 Å². The normalized spacial score (nSPS) is 31.4. The lowest BCUT2D eigenvalue weighted by molar-refractivity contribution is -0.0562. The fourth-order valence-corrected chi connectivity index (χ4v) is 4.59. The molecule has 0 radical (unpaired) electrons. The Morgan fingerprint density at radius 2 is 2.22 bits per heavy atom. The van der Waals surface area contributed by atoms with E-state index in [1.54, 1.807) is 24.4 Å². The van der Waals surface area contributed by atoms with Gasteiger partial charge in [0.15, 0.2) is 0 Å². The van der Waals surface area contributed by atoms with Crippen LogP contribution in [-0.2, 0) is 0 Å². The van der Waals surface area contributed by atoms with Crippen LogP contribution in [0.5, 0.6) is 5.75 Å². The highest BCUT2D eigenvalue weighted by Gasteiger charge is 2.42. The first-order valence-electron chi connectivity index (χ1n) is 8.67. The SMILES string of the molecule is CC[C@@H]1CN2CC[C@@H]1C[C@@H]2[C@@H](O)c1ccnc2ccc(O)cc12. The predicted molar refractivity (Wildman–Crippen MR) is 90.2 cm³/mol. The van der Waals surface area contributed by atoms with Crippen molar-refractivity contribution in [2.45, 2.75) is 38.3 Å². The molecule has 3 aliphatic heterocycles. The Morgan fingerprint density at radius 3 is 2.96 bits per heavy atom.